The predicted molar refractivity (Wildman–Crippen MR) is 82.2 cm³/mol. The molecule has 0 bridgehead atoms. The van der Waals surface area contributed by atoms with Gasteiger partial charge in [-0.25, -0.2) is 13.8 Å². The molecule has 1 saturated carbocycles. The molecular formula is C16H17ClF2N2. The average Bonchev–Trinajstić information content (AvgIpc) is 2.44. The number of halogens is 3. The Balaban J connectivity index is 0.00000161. The van der Waals surface area contributed by atoms with Gasteiger partial charge in [0.05, 0.1) is 0 Å². The van der Waals surface area contributed by atoms with Crippen molar-refractivity contribution in [3.63, 3.8) is 0 Å². The van der Waals surface area contributed by atoms with E-state index in [1.54, 1.807) is 6.20 Å². The lowest BCUT2D eigenvalue weighted by Crippen LogP contribution is -2.33. The van der Waals surface area contributed by atoms with Gasteiger partial charge in [0.2, 0.25) is 5.92 Å². The molecule has 0 radical (unpaired) electrons. The van der Waals surface area contributed by atoms with Crippen molar-refractivity contribution in [1.82, 2.24) is 4.98 Å². The van der Waals surface area contributed by atoms with Gasteiger partial charge in [0.25, 0.3) is 0 Å². The molecule has 5 heteroatoms. The van der Waals surface area contributed by atoms with E-state index in [-0.39, 0.29) is 31.2 Å². The van der Waals surface area contributed by atoms with Crippen molar-refractivity contribution in [1.29, 1.82) is 0 Å². The topological polar surface area (TPSA) is 24.9 Å². The number of anilines is 1. The van der Waals surface area contributed by atoms with Gasteiger partial charge in [-0.15, -0.1) is 12.4 Å². The molecule has 0 aliphatic heterocycles. The second kappa shape index (κ2) is 6.39. The number of hydrogen-bond donors (Lipinski definition) is 1. The van der Waals surface area contributed by atoms with E-state index in [4.69, 9.17) is 0 Å². The van der Waals surface area contributed by atoms with Crippen LogP contribution in [0.3, 0.4) is 0 Å². The van der Waals surface area contributed by atoms with Gasteiger partial charge in [-0.2, -0.15) is 0 Å². The van der Waals surface area contributed by atoms with Gasteiger partial charge < -0.3 is 5.32 Å². The van der Waals surface area contributed by atoms with E-state index in [9.17, 15) is 8.78 Å². The Bertz CT molecular complexity index is 565. The number of rotatable bonds is 4. The van der Waals surface area contributed by atoms with E-state index in [2.05, 4.69) is 10.3 Å². The zero-order valence-electron chi connectivity index (χ0n) is 11.4. The van der Waals surface area contributed by atoms with Crippen molar-refractivity contribution in [2.24, 2.45) is 0 Å². The Morgan fingerprint density at radius 3 is 2.38 bits per heavy atom. The van der Waals surface area contributed by atoms with E-state index in [0.717, 1.165) is 11.4 Å². The molecule has 0 unspecified atom stereocenters. The van der Waals surface area contributed by atoms with Crippen LogP contribution in [0.4, 0.5) is 14.6 Å². The molecule has 0 amide bonds. The Hall–Kier alpha value is -1.68. The van der Waals surface area contributed by atoms with E-state index < -0.39 is 5.92 Å². The van der Waals surface area contributed by atoms with Crippen LogP contribution >= 0.6 is 12.4 Å². The summed E-state index contributed by atoms with van der Waals surface area (Å²) in [6, 6.07) is 13.8. The summed E-state index contributed by atoms with van der Waals surface area (Å²) < 4.78 is 25.7. The first-order valence-corrected chi connectivity index (χ1v) is 6.74. The summed E-state index contributed by atoms with van der Waals surface area (Å²) in [5.41, 5.74) is 2.08. The molecule has 1 fully saturated rings. The summed E-state index contributed by atoms with van der Waals surface area (Å²) in [5, 5.41) is 3.22. The number of benzene rings is 1. The van der Waals surface area contributed by atoms with Crippen LogP contribution in [0.25, 0.3) is 0 Å². The maximum atomic E-state index is 12.8. The molecule has 0 spiro atoms. The Morgan fingerprint density at radius 1 is 1.10 bits per heavy atom. The number of nitrogens with one attached hydrogen (secondary N) is 1. The lowest BCUT2D eigenvalue weighted by Gasteiger charge is -2.35. The van der Waals surface area contributed by atoms with Gasteiger partial charge in [-0.1, -0.05) is 36.4 Å². The zero-order valence-corrected chi connectivity index (χ0v) is 12.2. The van der Waals surface area contributed by atoms with Crippen LogP contribution in [0.15, 0.2) is 48.7 Å². The maximum absolute atomic E-state index is 12.8. The molecule has 1 aromatic heterocycles. The minimum absolute atomic E-state index is 0. The standard InChI is InChI=1S/C16H16F2N2.ClH/c17-16(18)8-14(9-16)13-6-7-15(20-11-13)19-10-12-4-2-1-3-5-12;/h1-7,11,14H,8-10H2,(H,19,20);1H. The summed E-state index contributed by atoms with van der Waals surface area (Å²) in [5.74, 6) is -1.75. The highest BCUT2D eigenvalue weighted by Crippen LogP contribution is 2.48. The third-order valence-electron chi connectivity index (χ3n) is 3.66. The largest absolute Gasteiger partial charge is 0.366 e. The van der Waals surface area contributed by atoms with Gasteiger partial charge in [-0.05, 0) is 23.1 Å². The minimum Gasteiger partial charge on any atom is -0.366 e. The van der Waals surface area contributed by atoms with Crippen LogP contribution in [0.1, 0.15) is 29.9 Å². The average molecular weight is 311 g/mol. The normalized spacial score (nSPS) is 16.7. The van der Waals surface area contributed by atoms with Gasteiger partial charge in [-0.3, -0.25) is 0 Å². The smallest absolute Gasteiger partial charge is 0.249 e. The van der Waals surface area contributed by atoms with E-state index in [0.29, 0.717) is 6.54 Å². The molecule has 112 valence electrons. The van der Waals surface area contributed by atoms with Gasteiger partial charge in [0.15, 0.2) is 0 Å². The van der Waals surface area contributed by atoms with Crippen LogP contribution in [-0.2, 0) is 6.54 Å². The van der Waals surface area contributed by atoms with E-state index >= 15 is 0 Å². The molecule has 1 aromatic carbocycles. The van der Waals surface area contributed by atoms with Crippen LogP contribution in [0, 0.1) is 0 Å². The van der Waals surface area contributed by atoms with Crippen molar-refractivity contribution in [2.75, 3.05) is 5.32 Å². The first-order chi connectivity index (χ1) is 9.62. The molecule has 3 rings (SSSR count). The summed E-state index contributed by atoms with van der Waals surface area (Å²) in [6.07, 6.45) is 1.60. The molecule has 0 saturated heterocycles. The molecule has 1 heterocycles. The first kappa shape index (κ1) is 15.7. The summed E-state index contributed by atoms with van der Waals surface area (Å²) >= 11 is 0. The fourth-order valence-corrected chi connectivity index (χ4v) is 2.44. The van der Waals surface area contributed by atoms with Crippen LogP contribution in [-0.4, -0.2) is 10.9 Å². The molecular weight excluding hydrogens is 294 g/mol. The third kappa shape index (κ3) is 3.91. The first-order valence-electron chi connectivity index (χ1n) is 6.74. The molecule has 0 atom stereocenters. The number of nitrogens with zero attached hydrogens (tertiary/aromatic N) is 1. The molecule has 2 nitrogen and oxygen atoms in total. The minimum atomic E-state index is -2.48. The van der Waals surface area contributed by atoms with Gasteiger partial charge in [0.1, 0.15) is 5.82 Å². The van der Waals surface area contributed by atoms with Crippen LogP contribution in [0.2, 0.25) is 0 Å². The number of alkyl halides is 2. The lowest BCUT2D eigenvalue weighted by atomic mass is 9.77. The van der Waals surface area contributed by atoms with Gasteiger partial charge in [0, 0.05) is 25.6 Å². The van der Waals surface area contributed by atoms with Crippen LogP contribution < -0.4 is 5.32 Å². The Labute approximate surface area is 129 Å². The van der Waals surface area contributed by atoms with Crippen molar-refractivity contribution in [3.8, 4) is 0 Å². The highest BCUT2D eigenvalue weighted by Gasteiger charge is 2.45. The molecule has 2 aromatic rings. The number of pyridine rings is 1. The van der Waals surface area contributed by atoms with E-state index in [1.165, 1.54) is 5.56 Å². The second-order valence-electron chi connectivity index (χ2n) is 5.28. The quantitative estimate of drug-likeness (QED) is 0.890. The number of hydrogen-bond acceptors (Lipinski definition) is 2. The molecule has 1 aliphatic rings. The third-order valence-corrected chi connectivity index (χ3v) is 3.66. The van der Waals surface area contributed by atoms with Crippen molar-refractivity contribution in [3.05, 3.63) is 59.8 Å². The predicted octanol–water partition coefficient (Wildman–Crippen LogP) is 4.63. The Morgan fingerprint density at radius 2 is 1.81 bits per heavy atom. The Kier molecular flexibility index (Phi) is 4.78. The fraction of sp³-hybridized carbons (Fsp3) is 0.312. The summed E-state index contributed by atoms with van der Waals surface area (Å²) in [6.45, 7) is 0.703. The molecule has 1 aliphatic carbocycles. The highest BCUT2D eigenvalue weighted by molar-refractivity contribution is 5.85. The molecule has 21 heavy (non-hydrogen) atoms. The van der Waals surface area contributed by atoms with Crippen molar-refractivity contribution >= 4 is 18.2 Å². The van der Waals surface area contributed by atoms with Crippen molar-refractivity contribution in [2.45, 2.75) is 31.2 Å². The lowest BCUT2D eigenvalue weighted by molar-refractivity contribution is -0.0868. The number of aromatic nitrogens is 1. The highest BCUT2D eigenvalue weighted by atomic mass is 35.5. The van der Waals surface area contributed by atoms with Gasteiger partial charge >= 0.3 is 0 Å². The van der Waals surface area contributed by atoms with Crippen molar-refractivity contribution < 1.29 is 8.78 Å². The van der Waals surface area contributed by atoms with Crippen LogP contribution in [0.5, 0.6) is 0 Å². The summed E-state index contributed by atoms with van der Waals surface area (Å²) in [4.78, 5) is 4.29. The fourth-order valence-electron chi connectivity index (χ4n) is 2.44. The monoisotopic (exact) mass is 310 g/mol. The second-order valence-corrected chi connectivity index (χ2v) is 5.28. The maximum Gasteiger partial charge on any atom is 0.249 e. The SMILES string of the molecule is Cl.FC1(F)CC(c2ccc(NCc3ccccc3)nc2)C1. The van der Waals surface area contributed by atoms with E-state index in [1.807, 2.05) is 42.5 Å². The molecule has 1 N–H and O–H groups in total. The zero-order chi connectivity index (χ0) is 14.0. The summed E-state index contributed by atoms with van der Waals surface area (Å²) in [7, 11) is 0.